The average Bonchev–Trinajstić information content (AvgIpc) is 2.83. The van der Waals surface area contributed by atoms with E-state index in [1.54, 1.807) is 16.2 Å². The van der Waals surface area contributed by atoms with Gasteiger partial charge in [-0.3, -0.25) is 4.79 Å². The highest BCUT2D eigenvalue weighted by Crippen LogP contribution is 2.17. The van der Waals surface area contributed by atoms with E-state index in [-0.39, 0.29) is 5.91 Å². The Morgan fingerprint density at radius 2 is 1.89 bits per heavy atom. The molecule has 0 radical (unpaired) electrons. The van der Waals surface area contributed by atoms with Gasteiger partial charge in [0.05, 0.1) is 6.54 Å². The predicted octanol–water partition coefficient (Wildman–Crippen LogP) is 2.79. The Morgan fingerprint density at radius 1 is 1.21 bits per heavy atom. The van der Waals surface area contributed by atoms with E-state index < -0.39 is 0 Å². The molecule has 0 fully saturated rings. The fraction of sp³-hybridized carbons (Fsp3) is 0.267. The molecule has 0 spiro atoms. The second-order valence-corrected chi connectivity index (χ2v) is 5.95. The third-order valence-electron chi connectivity index (χ3n) is 2.97. The molecule has 2 N–H and O–H groups in total. The van der Waals surface area contributed by atoms with Gasteiger partial charge in [-0.1, -0.05) is 12.1 Å². The minimum atomic E-state index is 0.0367. The molecule has 4 heteroatoms. The van der Waals surface area contributed by atoms with Crippen LogP contribution in [0.3, 0.4) is 0 Å². The maximum atomic E-state index is 12.3. The van der Waals surface area contributed by atoms with Crippen LogP contribution in [0.5, 0.6) is 0 Å². The van der Waals surface area contributed by atoms with Crippen molar-refractivity contribution in [3.63, 3.8) is 0 Å². The van der Waals surface area contributed by atoms with Gasteiger partial charge in [-0.05, 0) is 36.8 Å². The first-order chi connectivity index (χ1) is 9.10. The Hall–Kier alpha value is -1.65. The molecule has 2 rings (SSSR count). The average molecular weight is 274 g/mol. The first-order valence-corrected chi connectivity index (χ1v) is 7.01. The van der Waals surface area contributed by atoms with Crippen LogP contribution in [-0.2, 0) is 13.1 Å². The Kier molecular flexibility index (Phi) is 4.35. The summed E-state index contributed by atoms with van der Waals surface area (Å²) in [6.07, 6.45) is 0. The fourth-order valence-corrected chi connectivity index (χ4v) is 2.82. The van der Waals surface area contributed by atoms with Gasteiger partial charge in [0.2, 0.25) is 0 Å². The van der Waals surface area contributed by atoms with Crippen LogP contribution in [0, 0.1) is 6.92 Å². The van der Waals surface area contributed by atoms with Crippen LogP contribution >= 0.6 is 11.3 Å². The van der Waals surface area contributed by atoms with Crippen LogP contribution in [0.2, 0.25) is 0 Å². The third kappa shape index (κ3) is 3.43. The van der Waals surface area contributed by atoms with E-state index in [0.717, 1.165) is 5.56 Å². The molecular formula is C15H18N2OS. The summed E-state index contributed by atoms with van der Waals surface area (Å²) in [6.45, 7) is 3.22. The van der Waals surface area contributed by atoms with Gasteiger partial charge >= 0.3 is 0 Å². The van der Waals surface area contributed by atoms with Gasteiger partial charge in [0.1, 0.15) is 0 Å². The van der Waals surface area contributed by atoms with Crippen molar-refractivity contribution in [3.05, 3.63) is 57.3 Å². The van der Waals surface area contributed by atoms with Gasteiger partial charge in [-0.15, -0.1) is 11.3 Å². The summed E-state index contributed by atoms with van der Waals surface area (Å²) in [7, 11) is 1.83. The van der Waals surface area contributed by atoms with Crippen molar-refractivity contribution >= 4 is 17.2 Å². The van der Waals surface area contributed by atoms with Gasteiger partial charge in [-0.2, -0.15) is 0 Å². The summed E-state index contributed by atoms with van der Waals surface area (Å²) in [5.41, 5.74) is 7.28. The molecule has 1 aromatic heterocycles. The number of carbonyl (C=O) groups is 1. The molecule has 0 unspecified atom stereocenters. The first-order valence-electron chi connectivity index (χ1n) is 6.20. The van der Waals surface area contributed by atoms with Crippen LogP contribution in [-0.4, -0.2) is 17.9 Å². The number of nitrogens with zero attached hydrogens (tertiary/aromatic N) is 1. The van der Waals surface area contributed by atoms with Crippen molar-refractivity contribution in [1.82, 2.24) is 4.90 Å². The van der Waals surface area contributed by atoms with Crippen LogP contribution in [0.1, 0.15) is 25.7 Å². The molecule has 0 saturated heterocycles. The molecule has 0 bridgehead atoms. The molecule has 0 aliphatic heterocycles. The molecule has 0 aliphatic carbocycles. The van der Waals surface area contributed by atoms with Crippen molar-refractivity contribution < 1.29 is 4.79 Å². The van der Waals surface area contributed by atoms with Crippen molar-refractivity contribution in [2.75, 3.05) is 7.05 Å². The van der Waals surface area contributed by atoms with Crippen molar-refractivity contribution in [3.8, 4) is 0 Å². The Bertz CT molecular complexity index is 560. The molecule has 1 aromatic carbocycles. The van der Waals surface area contributed by atoms with Crippen molar-refractivity contribution in [1.29, 1.82) is 0 Å². The number of benzene rings is 1. The lowest BCUT2D eigenvalue weighted by atomic mass is 10.1. The van der Waals surface area contributed by atoms with E-state index >= 15 is 0 Å². The predicted molar refractivity (Wildman–Crippen MR) is 79.2 cm³/mol. The largest absolute Gasteiger partial charge is 0.337 e. The zero-order valence-corrected chi connectivity index (χ0v) is 12.0. The Balaban J connectivity index is 2.05. The number of rotatable bonds is 4. The molecule has 1 heterocycles. The quantitative estimate of drug-likeness (QED) is 0.932. The molecule has 19 heavy (non-hydrogen) atoms. The maximum Gasteiger partial charge on any atom is 0.253 e. The summed E-state index contributed by atoms with van der Waals surface area (Å²) in [4.78, 5) is 16.5. The second-order valence-electron chi connectivity index (χ2n) is 4.57. The molecule has 2 aromatic rings. The molecule has 100 valence electrons. The Labute approximate surface area is 117 Å². The summed E-state index contributed by atoms with van der Waals surface area (Å²) >= 11 is 1.72. The number of thiophene rings is 1. The minimum Gasteiger partial charge on any atom is -0.337 e. The zero-order valence-electron chi connectivity index (χ0n) is 11.2. The van der Waals surface area contributed by atoms with E-state index in [9.17, 15) is 4.79 Å². The Morgan fingerprint density at radius 3 is 2.42 bits per heavy atom. The number of nitrogens with two attached hydrogens (primary N) is 1. The minimum absolute atomic E-state index is 0.0367. The third-order valence-corrected chi connectivity index (χ3v) is 3.96. The van der Waals surface area contributed by atoms with Gasteiger partial charge in [0.15, 0.2) is 0 Å². The number of aryl methyl sites for hydroxylation is 1. The molecule has 0 saturated carbocycles. The van der Waals surface area contributed by atoms with Crippen LogP contribution < -0.4 is 5.73 Å². The molecule has 3 nitrogen and oxygen atoms in total. The molecule has 0 atom stereocenters. The lowest BCUT2D eigenvalue weighted by Gasteiger charge is -2.16. The summed E-state index contributed by atoms with van der Waals surface area (Å²) < 4.78 is 0. The van der Waals surface area contributed by atoms with E-state index in [1.165, 1.54) is 9.75 Å². The summed E-state index contributed by atoms with van der Waals surface area (Å²) in [5, 5.41) is 0. The number of hydrogen-bond acceptors (Lipinski definition) is 3. The maximum absolute atomic E-state index is 12.3. The van der Waals surface area contributed by atoms with Gasteiger partial charge in [0, 0.05) is 28.9 Å². The first kappa shape index (κ1) is 13.8. The SMILES string of the molecule is Cc1ccc(CN(C)C(=O)c2ccc(CN)cc2)s1. The lowest BCUT2D eigenvalue weighted by molar-refractivity contribution is 0.0786. The lowest BCUT2D eigenvalue weighted by Crippen LogP contribution is -2.25. The molecular weight excluding hydrogens is 256 g/mol. The smallest absolute Gasteiger partial charge is 0.253 e. The highest BCUT2D eigenvalue weighted by Gasteiger charge is 2.12. The number of carbonyl (C=O) groups excluding carboxylic acids is 1. The normalized spacial score (nSPS) is 10.5. The van der Waals surface area contributed by atoms with Crippen LogP contribution in [0.25, 0.3) is 0 Å². The van der Waals surface area contributed by atoms with Gasteiger partial charge in [-0.25, -0.2) is 0 Å². The summed E-state index contributed by atoms with van der Waals surface area (Å²) in [5.74, 6) is 0.0367. The van der Waals surface area contributed by atoms with Gasteiger partial charge in [0.25, 0.3) is 5.91 Å². The monoisotopic (exact) mass is 274 g/mol. The fourth-order valence-electron chi connectivity index (χ4n) is 1.88. The van der Waals surface area contributed by atoms with Crippen LogP contribution in [0.4, 0.5) is 0 Å². The van der Waals surface area contributed by atoms with Crippen LogP contribution in [0.15, 0.2) is 36.4 Å². The number of amides is 1. The highest BCUT2D eigenvalue weighted by molar-refractivity contribution is 7.11. The number of hydrogen-bond donors (Lipinski definition) is 1. The molecule has 1 amide bonds. The van der Waals surface area contributed by atoms with E-state index in [4.69, 9.17) is 5.73 Å². The standard InChI is InChI=1S/C15H18N2OS/c1-11-3-8-14(19-11)10-17(2)15(18)13-6-4-12(9-16)5-7-13/h3-8H,9-10,16H2,1-2H3. The van der Waals surface area contributed by atoms with E-state index in [0.29, 0.717) is 18.7 Å². The van der Waals surface area contributed by atoms with E-state index in [2.05, 4.69) is 19.1 Å². The van der Waals surface area contributed by atoms with E-state index in [1.807, 2.05) is 31.3 Å². The van der Waals surface area contributed by atoms with Crippen molar-refractivity contribution in [2.45, 2.75) is 20.0 Å². The summed E-state index contributed by atoms with van der Waals surface area (Å²) in [6, 6.07) is 11.6. The zero-order chi connectivity index (χ0) is 13.8. The molecule has 0 aliphatic rings. The van der Waals surface area contributed by atoms with Gasteiger partial charge < -0.3 is 10.6 Å². The second kappa shape index (κ2) is 5.99. The highest BCUT2D eigenvalue weighted by atomic mass is 32.1. The topological polar surface area (TPSA) is 46.3 Å². The van der Waals surface area contributed by atoms with Crippen molar-refractivity contribution in [2.24, 2.45) is 5.73 Å².